The molecule has 3 aliphatic rings. The highest BCUT2D eigenvalue weighted by molar-refractivity contribution is 6.04. The minimum atomic E-state index is -4.49. The second kappa shape index (κ2) is 10.0. The largest absolute Gasteiger partial charge is 0.497 e. The smallest absolute Gasteiger partial charge is 0.416 e. The van der Waals surface area contributed by atoms with E-state index in [-0.39, 0.29) is 17.3 Å². The second-order valence-electron chi connectivity index (χ2n) is 9.66. The van der Waals surface area contributed by atoms with Crippen LogP contribution < -0.4 is 9.47 Å². The number of ether oxygens (including phenoxy) is 2. The van der Waals surface area contributed by atoms with E-state index in [0.717, 1.165) is 31.4 Å². The molecule has 36 heavy (non-hydrogen) atoms. The Morgan fingerprint density at radius 2 is 1.81 bits per heavy atom. The minimum absolute atomic E-state index is 0.119. The maximum Gasteiger partial charge on any atom is 0.416 e. The first kappa shape index (κ1) is 24.5. The normalized spacial score (nSPS) is 18.5. The molecule has 1 saturated heterocycles. The van der Waals surface area contributed by atoms with Crippen molar-refractivity contribution in [1.82, 2.24) is 9.80 Å². The number of amidine groups is 1. The van der Waals surface area contributed by atoms with Crippen LogP contribution in [0.15, 0.2) is 41.4 Å². The number of nitrogens with zero attached hydrogens (tertiary/aromatic N) is 3. The van der Waals surface area contributed by atoms with E-state index >= 15 is 0 Å². The molecule has 0 aromatic heterocycles. The summed E-state index contributed by atoms with van der Waals surface area (Å²) in [5.74, 6) is 2.54. The average Bonchev–Trinajstić information content (AvgIpc) is 3.16. The molecular formula is C27H30F3N3O3. The van der Waals surface area contributed by atoms with Crippen LogP contribution in [-0.4, -0.2) is 54.8 Å². The molecule has 2 heterocycles. The summed E-state index contributed by atoms with van der Waals surface area (Å²) in [6, 6.07) is 8.61. The third-order valence-electron chi connectivity index (χ3n) is 7.25. The van der Waals surface area contributed by atoms with Gasteiger partial charge in [0.1, 0.15) is 23.0 Å². The molecule has 0 bridgehead atoms. The van der Waals surface area contributed by atoms with Crippen molar-refractivity contribution >= 4 is 17.4 Å². The fourth-order valence-corrected chi connectivity index (χ4v) is 5.27. The van der Waals surface area contributed by atoms with Crippen LogP contribution in [0.3, 0.4) is 0 Å². The van der Waals surface area contributed by atoms with Gasteiger partial charge in [0.2, 0.25) is 5.91 Å². The predicted molar refractivity (Wildman–Crippen MR) is 130 cm³/mol. The molecule has 2 fully saturated rings. The van der Waals surface area contributed by atoms with Gasteiger partial charge in [-0.1, -0.05) is 12.8 Å². The van der Waals surface area contributed by atoms with Crippen LogP contribution in [0, 0.1) is 5.92 Å². The molecule has 0 N–H and O–H groups in total. The molecular weight excluding hydrogens is 471 g/mol. The lowest BCUT2D eigenvalue weighted by atomic mass is 10.0. The molecule has 9 heteroatoms. The van der Waals surface area contributed by atoms with Crippen LogP contribution in [0.25, 0.3) is 0 Å². The van der Waals surface area contributed by atoms with E-state index in [1.165, 1.54) is 18.9 Å². The third kappa shape index (κ3) is 5.15. The van der Waals surface area contributed by atoms with Gasteiger partial charge in [-0.2, -0.15) is 13.2 Å². The molecule has 6 nitrogen and oxygen atoms in total. The number of fused-ring (bicyclic) bond motifs is 2. The number of carbonyl (C=O) groups is 1. The van der Waals surface area contributed by atoms with Crippen LogP contribution in [0.2, 0.25) is 0 Å². The molecule has 192 valence electrons. The van der Waals surface area contributed by atoms with E-state index in [0.29, 0.717) is 61.4 Å². The molecule has 5 rings (SSSR count). The molecule has 1 aliphatic carbocycles. The van der Waals surface area contributed by atoms with E-state index in [1.807, 2.05) is 9.80 Å². The first-order valence-corrected chi connectivity index (χ1v) is 12.5. The van der Waals surface area contributed by atoms with Gasteiger partial charge in [-0.05, 0) is 61.6 Å². The number of amides is 1. The summed E-state index contributed by atoms with van der Waals surface area (Å²) < 4.78 is 51.7. The molecule has 0 unspecified atom stereocenters. The van der Waals surface area contributed by atoms with Crippen LogP contribution in [0.1, 0.15) is 49.7 Å². The highest BCUT2D eigenvalue weighted by Crippen LogP contribution is 2.42. The summed E-state index contributed by atoms with van der Waals surface area (Å²) in [7, 11) is 1.56. The fourth-order valence-electron chi connectivity index (χ4n) is 5.27. The monoisotopic (exact) mass is 501 g/mol. The van der Waals surface area contributed by atoms with Crippen molar-refractivity contribution in [3.8, 4) is 17.2 Å². The van der Waals surface area contributed by atoms with Crippen molar-refractivity contribution in [2.24, 2.45) is 10.9 Å². The Bertz CT molecular complexity index is 1160. The van der Waals surface area contributed by atoms with Crippen LogP contribution in [-0.2, 0) is 11.0 Å². The Kier molecular flexibility index (Phi) is 6.81. The zero-order chi connectivity index (χ0) is 25.3. The predicted octanol–water partition coefficient (Wildman–Crippen LogP) is 6.01. The highest BCUT2D eigenvalue weighted by Gasteiger charge is 2.33. The quantitative estimate of drug-likeness (QED) is 0.517. The molecule has 1 saturated carbocycles. The van der Waals surface area contributed by atoms with Gasteiger partial charge >= 0.3 is 6.18 Å². The summed E-state index contributed by atoms with van der Waals surface area (Å²) >= 11 is 0. The van der Waals surface area contributed by atoms with Crippen LogP contribution in [0.4, 0.5) is 18.9 Å². The van der Waals surface area contributed by atoms with Gasteiger partial charge < -0.3 is 19.3 Å². The molecule has 2 aliphatic heterocycles. The first-order valence-electron chi connectivity index (χ1n) is 12.5. The Hall–Kier alpha value is -3.23. The van der Waals surface area contributed by atoms with Crippen LogP contribution >= 0.6 is 0 Å². The van der Waals surface area contributed by atoms with Crippen molar-refractivity contribution < 1.29 is 27.4 Å². The van der Waals surface area contributed by atoms with Crippen molar-refractivity contribution in [3.05, 3.63) is 47.5 Å². The lowest BCUT2D eigenvalue weighted by Crippen LogP contribution is -2.38. The lowest BCUT2D eigenvalue weighted by Gasteiger charge is -2.26. The summed E-state index contributed by atoms with van der Waals surface area (Å²) in [6.45, 7) is 2.35. The number of aliphatic imine (C=N–C) groups is 1. The molecule has 0 spiro atoms. The van der Waals surface area contributed by atoms with Crippen LogP contribution in [0.5, 0.6) is 17.2 Å². The van der Waals surface area contributed by atoms with Crippen molar-refractivity contribution in [2.75, 3.05) is 33.3 Å². The fraction of sp³-hybridized carbons (Fsp3) is 0.481. The first-order chi connectivity index (χ1) is 17.3. The third-order valence-corrected chi connectivity index (χ3v) is 7.25. The number of methoxy groups -OCH3 is 1. The summed E-state index contributed by atoms with van der Waals surface area (Å²) in [4.78, 5) is 21.6. The standard InChI is InChI=1S/C27H30F3N3O3/c1-35-20-8-10-23-21(17-20)26(31-22-16-19(27(28,29)30)7-9-24(22)36-23)33-12-4-11-32(13-14-33)25(34)15-18-5-2-3-6-18/h7-10,16-18H,2-6,11-15H2,1H3. The number of carbonyl (C=O) groups excluding carboxylic acids is 1. The summed E-state index contributed by atoms with van der Waals surface area (Å²) in [5.41, 5.74) is -0.0192. The average molecular weight is 502 g/mol. The van der Waals surface area contributed by atoms with Gasteiger partial charge in [0.05, 0.1) is 18.2 Å². The Morgan fingerprint density at radius 3 is 2.56 bits per heavy atom. The number of halogens is 3. The van der Waals surface area contributed by atoms with Gasteiger partial charge in [-0.25, -0.2) is 4.99 Å². The number of alkyl halides is 3. The van der Waals surface area contributed by atoms with E-state index in [4.69, 9.17) is 14.5 Å². The minimum Gasteiger partial charge on any atom is -0.497 e. The van der Waals surface area contributed by atoms with Gasteiger partial charge in [-0.15, -0.1) is 0 Å². The van der Waals surface area contributed by atoms with Gasteiger partial charge in [0.25, 0.3) is 0 Å². The van der Waals surface area contributed by atoms with Crippen molar-refractivity contribution in [1.29, 1.82) is 0 Å². The zero-order valence-electron chi connectivity index (χ0n) is 20.3. The zero-order valence-corrected chi connectivity index (χ0v) is 20.3. The van der Waals surface area contributed by atoms with E-state index < -0.39 is 11.7 Å². The summed E-state index contributed by atoms with van der Waals surface area (Å²) in [6.07, 6.45) is 1.51. The maximum absolute atomic E-state index is 13.4. The second-order valence-corrected chi connectivity index (χ2v) is 9.66. The highest BCUT2D eigenvalue weighted by atomic mass is 19.4. The SMILES string of the molecule is COc1ccc2c(c1)C(N1CCCN(C(=O)CC3CCCC3)CC1)=Nc1cc(C(F)(F)F)ccc1O2. The molecule has 1 amide bonds. The molecule has 0 radical (unpaired) electrons. The van der Waals surface area contributed by atoms with Gasteiger partial charge in [0, 0.05) is 32.6 Å². The molecule has 0 atom stereocenters. The van der Waals surface area contributed by atoms with E-state index in [1.54, 1.807) is 25.3 Å². The lowest BCUT2D eigenvalue weighted by molar-refractivity contribution is -0.137. The topological polar surface area (TPSA) is 54.4 Å². The number of hydrogen-bond acceptors (Lipinski definition) is 5. The number of benzene rings is 2. The van der Waals surface area contributed by atoms with Gasteiger partial charge in [-0.3, -0.25) is 4.79 Å². The molecule has 2 aromatic rings. The Balaban J connectivity index is 1.46. The number of rotatable bonds is 3. The van der Waals surface area contributed by atoms with Crippen molar-refractivity contribution in [3.63, 3.8) is 0 Å². The van der Waals surface area contributed by atoms with Crippen molar-refractivity contribution in [2.45, 2.75) is 44.7 Å². The number of hydrogen-bond donors (Lipinski definition) is 0. The molecule has 2 aromatic carbocycles. The Labute approximate surface area is 208 Å². The Morgan fingerprint density at radius 1 is 1.03 bits per heavy atom. The summed E-state index contributed by atoms with van der Waals surface area (Å²) in [5, 5.41) is 0. The van der Waals surface area contributed by atoms with E-state index in [9.17, 15) is 18.0 Å². The van der Waals surface area contributed by atoms with E-state index in [2.05, 4.69) is 0 Å². The van der Waals surface area contributed by atoms with Gasteiger partial charge in [0.15, 0.2) is 5.75 Å². The maximum atomic E-state index is 13.4.